The zero-order chi connectivity index (χ0) is 17.3. The average Bonchev–Trinajstić information content (AvgIpc) is 2.57. The highest BCUT2D eigenvalue weighted by Gasteiger charge is 2.21. The number of nitrogens with zero attached hydrogens (tertiary/aromatic N) is 1. The number of sulfonamides is 1. The molecule has 0 spiro atoms. The van der Waals surface area contributed by atoms with E-state index in [1.807, 2.05) is 24.3 Å². The van der Waals surface area contributed by atoms with E-state index in [9.17, 15) is 13.2 Å². The molecule has 0 aliphatic carbocycles. The third-order valence-corrected chi connectivity index (χ3v) is 5.90. The molecule has 0 saturated heterocycles. The molecule has 0 saturated carbocycles. The lowest BCUT2D eigenvalue weighted by molar-refractivity contribution is -0.118. The maximum Gasteiger partial charge on any atom is 0.241 e. The molecule has 1 N–H and O–H groups in total. The number of hydrogen-bond acceptors (Lipinski definition) is 3. The van der Waals surface area contributed by atoms with Crippen LogP contribution >= 0.6 is 0 Å². The van der Waals surface area contributed by atoms with Gasteiger partial charge in [0.25, 0.3) is 0 Å². The van der Waals surface area contributed by atoms with Crippen LogP contribution in [0.5, 0.6) is 0 Å². The largest absolute Gasteiger partial charge is 0.315 e. The van der Waals surface area contributed by atoms with E-state index in [1.54, 1.807) is 37.1 Å². The smallest absolute Gasteiger partial charge is 0.241 e. The molecule has 0 unspecified atom stereocenters. The Morgan fingerprint density at radius 1 is 1.12 bits per heavy atom. The Labute approximate surface area is 142 Å². The number of rotatable bonds is 4. The fraction of sp³-hybridized carbons (Fsp3) is 0.278. The lowest BCUT2D eigenvalue weighted by Crippen LogP contribution is -2.31. The van der Waals surface area contributed by atoms with E-state index in [0.29, 0.717) is 17.7 Å². The van der Waals surface area contributed by atoms with Crippen molar-refractivity contribution in [2.45, 2.75) is 31.2 Å². The number of benzene rings is 2. The Morgan fingerprint density at radius 2 is 1.88 bits per heavy atom. The third-order valence-electron chi connectivity index (χ3n) is 4.34. The van der Waals surface area contributed by atoms with Gasteiger partial charge in [0, 0.05) is 25.7 Å². The summed E-state index contributed by atoms with van der Waals surface area (Å²) in [6.45, 7) is 2.00. The van der Waals surface area contributed by atoms with Crippen LogP contribution in [0.15, 0.2) is 47.4 Å². The van der Waals surface area contributed by atoms with Gasteiger partial charge in [-0.1, -0.05) is 30.3 Å². The van der Waals surface area contributed by atoms with E-state index in [0.717, 1.165) is 22.4 Å². The zero-order valence-corrected chi connectivity index (χ0v) is 14.6. The molecule has 2 aromatic rings. The van der Waals surface area contributed by atoms with Crippen LogP contribution in [0.25, 0.3) is 0 Å². The van der Waals surface area contributed by atoms with E-state index in [-0.39, 0.29) is 12.5 Å². The first kappa shape index (κ1) is 16.7. The molecule has 6 heteroatoms. The molecule has 1 heterocycles. The first-order chi connectivity index (χ1) is 11.4. The number of nitrogens with one attached hydrogen (secondary N) is 1. The summed E-state index contributed by atoms with van der Waals surface area (Å²) in [5.74, 6) is 0.107. The van der Waals surface area contributed by atoms with Gasteiger partial charge >= 0.3 is 0 Å². The zero-order valence-electron chi connectivity index (χ0n) is 13.7. The minimum Gasteiger partial charge on any atom is -0.315 e. The van der Waals surface area contributed by atoms with Crippen LogP contribution in [0.4, 0.5) is 5.69 Å². The number of aryl methyl sites for hydroxylation is 2. The molecule has 0 fully saturated rings. The highest BCUT2D eigenvalue weighted by molar-refractivity contribution is 7.89. The summed E-state index contributed by atoms with van der Waals surface area (Å²) in [5, 5.41) is 0. The predicted molar refractivity (Wildman–Crippen MR) is 93.4 cm³/mol. The molecule has 3 rings (SSSR count). The van der Waals surface area contributed by atoms with Crippen LogP contribution in [0, 0.1) is 6.92 Å². The first-order valence-corrected chi connectivity index (χ1v) is 9.30. The van der Waals surface area contributed by atoms with E-state index >= 15 is 0 Å². The SMILES string of the molecule is Cc1ccccc1S(=O)(=O)NCc1ccc2c(c1)CCC(=O)N2C. The fourth-order valence-electron chi connectivity index (χ4n) is 2.93. The van der Waals surface area contributed by atoms with Crippen LogP contribution in [0.1, 0.15) is 23.1 Å². The molecule has 1 aliphatic heterocycles. The number of amides is 1. The molecule has 0 atom stereocenters. The second-order valence-corrected chi connectivity index (χ2v) is 7.74. The van der Waals surface area contributed by atoms with Crippen LogP contribution in [-0.4, -0.2) is 21.4 Å². The Kier molecular flexibility index (Phi) is 4.43. The van der Waals surface area contributed by atoms with Crippen molar-refractivity contribution in [1.29, 1.82) is 0 Å². The highest BCUT2D eigenvalue weighted by atomic mass is 32.2. The minimum atomic E-state index is -3.54. The molecule has 2 aromatic carbocycles. The van der Waals surface area contributed by atoms with Gasteiger partial charge in [-0.25, -0.2) is 13.1 Å². The van der Waals surface area contributed by atoms with Crippen LogP contribution in [0.3, 0.4) is 0 Å². The van der Waals surface area contributed by atoms with Crippen LogP contribution in [-0.2, 0) is 27.8 Å². The first-order valence-electron chi connectivity index (χ1n) is 7.82. The van der Waals surface area contributed by atoms with E-state index < -0.39 is 10.0 Å². The second kappa shape index (κ2) is 6.37. The Balaban J connectivity index is 1.78. The second-order valence-electron chi connectivity index (χ2n) is 6.01. The molecular weight excluding hydrogens is 324 g/mol. The average molecular weight is 344 g/mol. The van der Waals surface area contributed by atoms with E-state index in [4.69, 9.17) is 0 Å². The van der Waals surface area contributed by atoms with Crippen molar-refractivity contribution in [3.63, 3.8) is 0 Å². The summed E-state index contributed by atoms with van der Waals surface area (Å²) >= 11 is 0. The number of hydrogen-bond donors (Lipinski definition) is 1. The summed E-state index contributed by atoms with van der Waals surface area (Å²) in [6.07, 6.45) is 1.18. The lowest BCUT2D eigenvalue weighted by atomic mass is 9.99. The Hall–Kier alpha value is -2.18. The third kappa shape index (κ3) is 3.20. The highest BCUT2D eigenvalue weighted by Crippen LogP contribution is 2.27. The Bertz CT molecular complexity index is 891. The van der Waals surface area contributed by atoms with Gasteiger partial charge < -0.3 is 4.90 Å². The van der Waals surface area contributed by atoms with Gasteiger partial charge in [-0.15, -0.1) is 0 Å². The van der Waals surface area contributed by atoms with Gasteiger partial charge in [0.05, 0.1) is 4.90 Å². The van der Waals surface area contributed by atoms with Crippen molar-refractivity contribution in [1.82, 2.24) is 4.72 Å². The number of fused-ring (bicyclic) bond motifs is 1. The van der Waals surface area contributed by atoms with Crippen molar-refractivity contribution >= 4 is 21.6 Å². The lowest BCUT2D eigenvalue weighted by Gasteiger charge is -2.26. The van der Waals surface area contributed by atoms with Crippen LogP contribution < -0.4 is 9.62 Å². The van der Waals surface area contributed by atoms with Gasteiger partial charge in [-0.3, -0.25) is 4.79 Å². The van der Waals surface area contributed by atoms with Gasteiger partial charge in [0.1, 0.15) is 0 Å². The molecule has 24 heavy (non-hydrogen) atoms. The van der Waals surface area contributed by atoms with Crippen molar-refractivity contribution in [2.24, 2.45) is 0 Å². The standard InChI is InChI=1S/C18H20N2O3S/c1-13-5-3-4-6-17(13)24(22,23)19-12-14-7-9-16-15(11-14)8-10-18(21)20(16)2/h3-7,9,11,19H,8,10,12H2,1-2H3. The molecule has 5 nitrogen and oxygen atoms in total. The van der Waals surface area contributed by atoms with Crippen LogP contribution in [0.2, 0.25) is 0 Å². The Morgan fingerprint density at radius 3 is 2.62 bits per heavy atom. The van der Waals surface area contributed by atoms with Gasteiger partial charge in [-0.2, -0.15) is 0 Å². The molecule has 0 bridgehead atoms. The maximum atomic E-state index is 12.4. The number of anilines is 1. The molecule has 0 radical (unpaired) electrons. The summed E-state index contributed by atoms with van der Waals surface area (Å²) in [6, 6.07) is 12.6. The molecule has 126 valence electrons. The summed E-state index contributed by atoms with van der Waals surface area (Å²) in [4.78, 5) is 13.7. The quantitative estimate of drug-likeness (QED) is 0.926. The number of carbonyl (C=O) groups is 1. The van der Waals surface area contributed by atoms with Crippen molar-refractivity contribution < 1.29 is 13.2 Å². The number of carbonyl (C=O) groups excluding carboxylic acids is 1. The summed E-state index contributed by atoms with van der Waals surface area (Å²) in [5.41, 5.74) is 3.57. The predicted octanol–water partition coefficient (Wildman–Crippen LogP) is 2.38. The summed E-state index contributed by atoms with van der Waals surface area (Å²) < 4.78 is 27.5. The van der Waals surface area contributed by atoms with Crippen molar-refractivity contribution in [2.75, 3.05) is 11.9 Å². The van der Waals surface area contributed by atoms with Gasteiger partial charge in [-0.05, 0) is 42.2 Å². The van der Waals surface area contributed by atoms with Crippen molar-refractivity contribution in [3.8, 4) is 0 Å². The van der Waals surface area contributed by atoms with Crippen molar-refractivity contribution in [3.05, 3.63) is 59.2 Å². The maximum absolute atomic E-state index is 12.4. The van der Waals surface area contributed by atoms with E-state index in [2.05, 4.69) is 4.72 Å². The molecule has 1 aliphatic rings. The van der Waals surface area contributed by atoms with Gasteiger partial charge in [0.15, 0.2) is 0 Å². The molecule has 0 aromatic heterocycles. The monoisotopic (exact) mass is 344 g/mol. The normalized spacial score (nSPS) is 14.6. The fourth-order valence-corrected chi connectivity index (χ4v) is 4.20. The summed E-state index contributed by atoms with van der Waals surface area (Å²) in [7, 11) is -1.78. The van der Waals surface area contributed by atoms with Gasteiger partial charge in [0.2, 0.25) is 15.9 Å². The molecule has 1 amide bonds. The van der Waals surface area contributed by atoms with E-state index in [1.165, 1.54) is 0 Å². The molecular formula is C18H20N2O3S. The topological polar surface area (TPSA) is 66.5 Å². The minimum absolute atomic E-state index is 0.107.